The Labute approximate surface area is 569 Å². The topological polar surface area (TPSA) is 344 Å². The predicted octanol–water partition coefficient (Wildman–Crippen LogP) is 8.51. The Morgan fingerprint density at radius 3 is 2.45 bits per heavy atom. The molecule has 7 N–H and O–H groups in total. The van der Waals surface area contributed by atoms with Crippen molar-refractivity contribution < 1.29 is 82.8 Å². The number of imide groups is 1. The third kappa shape index (κ3) is 14.6. The number of amides is 6. The van der Waals surface area contributed by atoms with Gasteiger partial charge in [-0.2, -0.15) is 5.10 Å². The Bertz CT molecular complexity index is 4010. The third-order valence-electron chi connectivity index (χ3n) is 20.3. The molecule has 6 aromatic rings. The van der Waals surface area contributed by atoms with Gasteiger partial charge in [0.25, 0.3) is 11.8 Å². The maximum absolute atomic E-state index is 13.8. The largest absolute Gasteiger partial charge is 0.493 e. The lowest BCUT2D eigenvalue weighted by Gasteiger charge is -2.69. The number of nitrogens with one attached hydrogen (secondary N) is 2. The summed E-state index contributed by atoms with van der Waals surface area (Å²) in [7, 11) is 1.62. The summed E-state index contributed by atoms with van der Waals surface area (Å²) >= 11 is 1.41. The number of nitrogens with zero attached hydrogens (tertiary/aromatic N) is 7. The minimum absolute atomic E-state index is 0.0188. The number of aliphatic hydroxyl groups excluding tert-OH is 3. The summed E-state index contributed by atoms with van der Waals surface area (Å²) in [5, 5.41) is 63.1. The fraction of sp³-hybridized carbons (Fsp3) is 0.493. The number of aliphatic carboxylic acids is 1. The number of pyridine rings is 1. The van der Waals surface area contributed by atoms with Crippen molar-refractivity contribution in [2.45, 2.75) is 154 Å². The first kappa shape index (κ1) is 69.1. The summed E-state index contributed by atoms with van der Waals surface area (Å²) in [5.41, 5.74) is 5.22. The third-order valence-corrected chi connectivity index (χ3v) is 21.2. The van der Waals surface area contributed by atoms with Gasteiger partial charge in [0.05, 0.1) is 40.9 Å². The Morgan fingerprint density at radius 1 is 0.867 bits per heavy atom. The first-order valence-corrected chi connectivity index (χ1v) is 34.4. The van der Waals surface area contributed by atoms with Crippen molar-refractivity contribution in [1.29, 1.82) is 0 Å². The van der Waals surface area contributed by atoms with Crippen LogP contribution >= 0.6 is 11.3 Å². The molecule has 3 aliphatic heterocycles. The Kier molecular flexibility index (Phi) is 20.4. The van der Waals surface area contributed by atoms with Crippen LogP contribution in [0.3, 0.4) is 0 Å². The van der Waals surface area contributed by atoms with Crippen molar-refractivity contribution in [3.63, 3.8) is 0 Å². The molecule has 98 heavy (non-hydrogen) atoms. The molecule has 5 fully saturated rings. The summed E-state index contributed by atoms with van der Waals surface area (Å²) < 4.78 is 33.2. The van der Waals surface area contributed by atoms with Crippen molar-refractivity contribution in [3.8, 4) is 33.9 Å². The lowest BCUT2D eigenvalue weighted by Crippen LogP contribution is -2.65. The number of benzene rings is 3. The van der Waals surface area contributed by atoms with Crippen LogP contribution in [0.15, 0.2) is 91.1 Å². The fourth-order valence-electron chi connectivity index (χ4n) is 16.2. The molecule has 6 heterocycles. The van der Waals surface area contributed by atoms with E-state index in [2.05, 4.69) is 29.5 Å². The van der Waals surface area contributed by atoms with Crippen molar-refractivity contribution in [2.75, 3.05) is 56.7 Å². The number of hydrogen-bond donors (Lipinski definition) is 7. The molecule has 4 saturated carbocycles. The van der Waals surface area contributed by atoms with Crippen LogP contribution in [0.25, 0.3) is 32.6 Å². The zero-order chi connectivity index (χ0) is 69.2. The number of aliphatic hydroxyl groups is 3. The lowest BCUT2D eigenvalue weighted by atomic mass is 9.39. The summed E-state index contributed by atoms with van der Waals surface area (Å²) in [4.78, 5) is 103. The monoisotopic (exact) mass is 1370 g/mol. The number of aromatic carboxylic acids is 1. The molecule has 7 aliphatic rings. The number of carboxylic acids is 2. The molecule has 4 aliphatic carbocycles. The molecule has 1 saturated heterocycles. The summed E-state index contributed by atoms with van der Waals surface area (Å²) in [5.74, 6) is -2.65. The van der Waals surface area contributed by atoms with E-state index in [0.29, 0.717) is 83.7 Å². The standard InChI is InChI=1S/C71H83N9O17S/c1-5-49-45-33-69(3)37-70(49,40-80-41(2)48(35-73-80)47-21-22-50(74-58(47)63(87)88)43-18-17-42-13-11-27-78(52(42)31-43)67(91)76-66-75-51-14-8-9-15-54(51)98-66)39-71(34-45,38-69)95-30-28-77(4)68(92)94-36-44-19-20-46(96-65-61(86)59(84)60(85)62(97-65)64(89)90)32-53(44)93-29-12-25-72-55(81)16-7-6-10-26-79-56(82)23-24-57(79)83/h8-9,14-15,17-24,31-32,35,45,49,59-62,65,84-86H,5-7,10-13,16,25-30,33-34,36-40H2,1-4H3,(H,72,81)(H,87,88)(H,89,90)(H,75,76,91)/t45?,49?,59-,60-,61+,62-,65+,69?,70?,71?/m0/s1. The zero-order valence-corrected chi connectivity index (χ0v) is 56.0. The van der Waals surface area contributed by atoms with Crippen molar-refractivity contribution >= 4 is 74.2 Å². The fourth-order valence-corrected chi connectivity index (χ4v) is 17.0. The molecule has 13 rings (SSSR count). The van der Waals surface area contributed by atoms with Gasteiger partial charge in [0.1, 0.15) is 36.4 Å². The average Bonchev–Trinajstić information content (AvgIpc) is 0.861. The molecule has 6 amide bonds. The molecule has 26 nitrogen and oxygen atoms in total. The van der Waals surface area contributed by atoms with Crippen LogP contribution in [0.4, 0.5) is 20.4 Å². The molecular formula is C71H83N9O17S. The molecular weight excluding hydrogens is 1280 g/mol. The second-order valence-corrected chi connectivity index (χ2v) is 28.3. The van der Waals surface area contributed by atoms with Gasteiger partial charge in [-0.3, -0.25) is 34.2 Å². The zero-order valence-electron chi connectivity index (χ0n) is 55.2. The summed E-state index contributed by atoms with van der Waals surface area (Å²) in [6.07, 6.45) is 3.77. The summed E-state index contributed by atoms with van der Waals surface area (Å²) in [6, 6.07) is 21.3. The van der Waals surface area contributed by atoms with Crippen LogP contribution in [0.2, 0.25) is 0 Å². The molecule has 3 aromatic heterocycles. The number of hydrogen-bond acceptors (Lipinski definition) is 19. The number of urea groups is 1. The average molecular weight is 1370 g/mol. The van der Waals surface area contributed by atoms with Gasteiger partial charge < -0.3 is 59.4 Å². The number of rotatable bonds is 27. The van der Waals surface area contributed by atoms with Crippen LogP contribution in [0.1, 0.15) is 118 Å². The van der Waals surface area contributed by atoms with E-state index < -0.39 is 54.3 Å². The number of carbonyl (C=O) groups is 7. The minimum atomic E-state index is -1.93. The predicted molar refractivity (Wildman–Crippen MR) is 358 cm³/mol. The van der Waals surface area contributed by atoms with Gasteiger partial charge in [-0.25, -0.2) is 29.1 Å². The number of anilines is 2. The van der Waals surface area contributed by atoms with Crippen LogP contribution < -0.4 is 25.0 Å². The first-order valence-electron chi connectivity index (χ1n) is 33.5. The molecule has 3 aromatic carbocycles. The highest BCUT2D eigenvalue weighted by molar-refractivity contribution is 7.22. The molecule has 0 radical (unpaired) electrons. The maximum Gasteiger partial charge on any atom is 0.409 e. The summed E-state index contributed by atoms with van der Waals surface area (Å²) in [6.45, 7) is 8.49. The van der Waals surface area contributed by atoms with Gasteiger partial charge in [0.15, 0.2) is 16.9 Å². The number of aryl methyl sites for hydroxylation is 1. The van der Waals surface area contributed by atoms with E-state index in [1.165, 1.54) is 40.5 Å². The minimum Gasteiger partial charge on any atom is -0.493 e. The second-order valence-electron chi connectivity index (χ2n) is 27.3. The van der Waals surface area contributed by atoms with Gasteiger partial charge in [-0.05, 0) is 142 Å². The highest BCUT2D eigenvalue weighted by Gasteiger charge is 2.66. The Balaban J connectivity index is 0.674. The van der Waals surface area contributed by atoms with Crippen LogP contribution in [-0.4, -0.2) is 180 Å². The quantitative estimate of drug-likeness (QED) is 0.0188. The number of carbonyl (C=O) groups excluding carboxylic acids is 5. The smallest absolute Gasteiger partial charge is 0.409 e. The van der Waals surface area contributed by atoms with E-state index in [1.54, 1.807) is 30.3 Å². The van der Waals surface area contributed by atoms with Crippen molar-refractivity contribution in [3.05, 3.63) is 114 Å². The van der Waals surface area contributed by atoms with Crippen molar-refractivity contribution in [1.82, 2.24) is 34.9 Å². The highest BCUT2D eigenvalue weighted by atomic mass is 32.1. The number of carboxylic acid groups (broad SMARTS) is 2. The number of para-hydroxylation sites is 1. The maximum atomic E-state index is 13.8. The first-order chi connectivity index (χ1) is 47.0. The number of ether oxygens (including phenoxy) is 5. The molecule has 27 heteroatoms. The van der Waals surface area contributed by atoms with E-state index in [-0.39, 0.29) is 97.7 Å². The van der Waals surface area contributed by atoms with Crippen LogP contribution in [-0.2, 0) is 53.0 Å². The Morgan fingerprint density at radius 2 is 1.67 bits per heavy atom. The van der Waals surface area contributed by atoms with Gasteiger partial charge >= 0.3 is 24.1 Å². The van der Waals surface area contributed by atoms with Crippen molar-refractivity contribution in [2.24, 2.45) is 22.7 Å². The van der Waals surface area contributed by atoms with E-state index in [0.717, 1.165) is 83.4 Å². The van der Waals surface area contributed by atoms with E-state index in [9.17, 15) is 59.1 Å². The number of unbranched alkanes of at least 4 members (excludes halogenated alkanes) is 2. The molecule has 10 atom stereocenters. The number of likely N-dealkylation sites (N-methyl/N-ethyl adjacent to an activating group) is 1. The van der Waals surface area contributed by atoms with Gasteiger partial charge in [-0.15, -0.1) is 0 Å². The highest BCUT2D eigenvalue weighted by Crippen LogP contribution is 2.70. The molecule has 0 spiro atoms. The molecule has 520 valence electrons. The number of thiazole rings is 1. The van der Waals surface area contributed by atoms with Crippen LogP contribution in [0.5, 0.6) is 11.5 Å². The van der Waals surface area contributed by atoms with Gasteiger partial charge in [0.2, 0.25) is 12.2 Å². The normalized spacial score (nSPS) is 25.4. The lowest BCUT2D eigenvalue weighted by molar-refractivity contribution is -0.271. The molecule has 5 unspecified atom stereocenters. The molecule has 4 bridgehead atoms. The number of fused-ring (bicyclic) bond motifs is 2. The van der Waals surface area contributed by atoms with E-state index in [4.69, 9.17) is 33.8 Å². The SMILES string of the molecule is CCC1C2CC3(C)CC(OCCN(C)C(=O)OCc4ccc(O[C@@H]5O[C@H](C(=O)O)[C@@H](O)[C@H](O)[C@H]5O)cc4OCCCNC(=O)CCCCCN4C(=O)C=CC4=O)(C2)CC1(Cn1ncc(-c2ccc(-c4ccc5c(c4)N(C(=O)Nc4nc6ccccc6s4)CCC5)nc2C(=O)O)c1C)C3. The Hall–Kier alpha value is -8.86. The van der Waals surface area contributed by atoms with Gasteiger partial charge in [-0.1, -0.05) is 62.3 Å². The van der Waals surface area contributed by atoms with E-state index in [1.807, 2.05) is 60.1 Å². The number of aromatic nitrogens is 4. The van der Waals surface area contributed by atoms with Gasteiger partial charge in [0, 0.05) is 98.0 Å². The van der Waals surface area contributed by atoms with Crippen LogP contribution in [0, 0.1) is 29.6 Å². The second kappa shape index (κ2) is 28.9. The van der Waals surface area contributed by atoms with E-state index >= 15 is 0 Å².